The van der Waals surface area contributed by atoms with Crippen LogP contribution in [0.15, 0.2) is 72.8 Å². The molecule has 3 aromatic carbocycles. The summed E-state index contributed by atoms with van der Waals surface area (Å²) in [5, 5.41) is 11.4. The Morgan fingerprint density at radius 1 is 0.871 bits per heavy atom. The van der Waals surface area contributed by atoms with E-state index in [9.17, 15) is 9.59 Å². The summed E-state index contributed by atoms with van der Waals surface area (Å²) >= 11 is 0. The molecule has 0 saturated heterocycles. The minimum atomic E-state index is -0.841. The number of amides is 1. The van der Waals surface area contributed by atoms with E-state index in [0.29, 0.717) is 24.5 Å². The van der Waals surface area contributed by atoms with Gasteiger partial charge >= 0.3 is 12.1 Å². The molecule has 1 aliphatic carbocycles. The van der Waals surface area contributed by atoms with Crippen molar-refractivity contribution in [3.8, 4) is 16.9 Å². The summed E-state index contributed by atoms with van der Waals surface area (Å²) in [4.78, 5) is 22.8. The zero-order chi connectivity index (χ0) is 21.6. The predicted molar refractivity (Wildman–Crippen MR) is 117 cm³/mol. The Morgan fingerprint density at radius 3 is 2.10 bits per heavy atom. The molecule has 0 heterocycles. The van der Waals surface area contributed by atoms with Gasteiger partial charge in [-0.05, 0) is 52.9 Å². The molecule has 0 radical (unpaired) electrons. The summed E-state index contributed by atoms with van der Waals surface area (Å²) in [5.74, 6) is -0.213. The van der Waals surface area contributed by atoms with Gasteiger partial charge in [-0.1, -0.05) is 48.5 Å². The third-order valence-corrected chi connectivity index (χ3v) is 5.25. The van der Waals surface area contributed by atoms with E-state index in [0.717, 1.165) is 0 Å². The third-order valence-electron chi connectivity index (χ3n) is 5.25. The number of anilines is 1. The summed E-state index contributed by atoms with van der Waals surface area (Å²) < 4.78 is 11.0. The van der Waals surface area contributed by atoms with Crippen LogP contribution in [0.25, 0.3) is 11.1 Å². The molecule has 0 unspecified atom stereocenters. The minimum absolute atomic E-state index is 0.0136. The quantitative estimate of drug-likeness (QED) is 0.487. The third kappa shape index (κ3) is 4.86. The molecule has 4 rings (SSSR count). The number of hydrogen-bond donors (Lipinski definition) is 2. The Bertz CT molecular complexity index is 1030. The number of ether oxygens (including phenoxy) is 2. The second kappa shape index (κ2) is 9.34. The lowest BCUT2D eigenvalue weighted by molar-refractivity contribution is -0.137. The topological polar surface area (TPSA) is 84.9 Å². The molecule has 0 atom stereocenters. The molecule has 0 aliphatic heterocycles. The summed E-state index contributed by atoms with van der Waals surface area (Å²) in [6, 6.07) is 23.3. The van der Waals surface area contributed by atoms with E-state index >= 15 is 0 Å². The highest BCUT2D eigenvalue weighted by atomic mass is 16.5. The van der Waals surface area contributed by atoms with Gasteiger partial charge in [-0.15, -0.1) is 0 Å². The lowest BCUT2D eigenvalue weighted by atomic mass is 9.98. The van der Waals surface area contributed by atoms with Crippen molar-refractivity contribution in [3.63, 3.8) is 0 Å². The first-order chi connectivity index (χ1) is 15.1. The van der Waals surface area contributed by atoms with Crippen LogP contribution in [0.3, 0.4) is 0 Å². The number of carboxylic acid groups (broad SMARTS) is 1. The highest BCUT2D eigenvalue weighted by molar-refractivity contribution is 5.85. The maximum absolute atomic E-state index is 12.3. The average Bonchev–Trinajstić information content (AvgIpc) is 3.10. The van der Waals surface area contributed by atoms with Crippen LogP contribution in [-0.4, -0.2) is 30.4 Å². The number of hydrogen-bond acceptors (Lipinski definition) is 4. The van der Waals surface area contributed by atoms with Crippen molar-refractivity contribution in [2.75, 3.05) is 18.5 Å². The molecule has 6 nitrogen and oxygen atoms in total. The maximum Gasteiger partial charge on any atom is 0.411 e. The van der Waals surface area contributed by atoms with Crippen molar-refractivity contribution >= 4 is 17.7 Å². The van der Waals surface area contributed by atoms with Gasteiger partial charge in [-0.25, -0.2) is 4.79 Å². The highest BCUT2D eigenvalue weighted by Gasteiger charge is 2.28. The molecule has 3 aromatic rings. The lowest BCUT2D eigenvalue weighted by Crippen LogP contribution is -2.17. The normalized spacial score (nSPS) is 12.0. The van der Waals surface area contributed by atoms with E-state index in [1.54, 1.807) is 24.3 Å². The second-order valence-electron chi connectivity index (χ2n) is 7.32. The van der Waals surface area contributed by atoms with Crippen LogP contribution in [0.5, 0.6) is 5.75 Å². The fourth-order valence-corrected chi connectivity index (χ4v) is 3.80. The van der Waals surface area contributed by atoms with Crippen LogP contribution in [0.2, 0.25) is 0 Å². The molecule has 158 valence electrons. The molecule has 0 saturated carbocycles. The van der Waals surface area contributed by atoms with Crippen molar-refractivity contribution < 1.29 is 24.2 Å². The molecule has 6 heteroatoms. The molecule has 31 heavy (non-hydrogen) atoms. The van der Waals surface area contributed by atoms with Gasteiger partial charge in [-0.2, -0.15) is 0 Å². The maximum atomic E-state index is 12.3. The fourth-order valence-electron chi connectivity index (χ4n) is 3.80. The Hall–Kier alpha value is -3.80. The number of carbonyl (C=O) groups excluding carboxylic acids is 1. The van der Waals surface area contributed by atoms with Gasteiger partial charge in [0.05, 0.1) is 6.61 Å². The van der Waals surface area contributed by atoms with Crippen LogP contribution in [0.1, 0.15) is 29.9 Å². The van der Waals surface area contributed by atoms with Crippen molar-refractivity contribution in [1.82, 2.24) is 0 Å². The summed E-state index contributed by atoms with van der Waals surface area (Å²) in [7, 11) is 0. The fraction of sp³-hybridized carbons (Fsp3) is 0.200. The molecule has 0 fully saturated rings. The average molecular weight is 417 g/mol. The Morgan fingerprint density at radius 2 is 1.48 bits per heavy atom. The molecule has 1 aliphatic rings. The standard InChI is InChI=1S/C25H23NO5/c27-24(28)10-5-15-30-18-13-11-17(12-14-18)26-25(29)31-16-23-21-8-3-1-6-19(21)20-7-2-4-9-22(20)23/h1-4,6-9,11-14,23H,5,10,15-16H2,(H,26,29)(H,27,28). The Balaban J connectivity index is 1.31. The van der Waals surface area contributed by atoms with E-state index in [-0.39, 0.29) is 18.9 Å². The first-order valence-electron chi connectivity index (χ1n) is 10.2. The van der Waals surface area contributed by atoms with Gasteiger partial charge < -0.3 is 14.6 Å². The highest BCUT2D eigenvalue weighted by Crippen LogP contribution is 2.44. The van der Waals surface area contributed by atoms with Crippen molar-refractivity contribution in [1.29, 1.82) is 0 Å². The number of nitrogens with one attached hydrogen (secondary N) is 1. The van der Waals surface area contributed by atoms with Crippen LogP contribution < -0.4 is 10.1 Å². The number of aliphatic carboxylic acids is 1. The van der Waals surface area contributed by atoms with E-state index < -0.39 is 12.1 Å². The molecule has 0 aromatic heterocycles. The smallest absolute Gasteiger partial charge is 0.411 e. The van der Waals surface area contributed by atoms with Gasteiger partial charge in [0, 0.05) is 18.0 Å². The van der Waals surface area contributed by atoms with Crippen molar-refractivity contribution in [2.45, 2.75) is 18.8 Å². The monoisotopic (exact) mass is 417 g/mol. The molecule has 1 amide bonds. The summed E-state index contributed by atoms with van der Waals surface area (Å²) in [6.07, 6.45) is -0.00625. The molecular formula is C25H23NO5. The molecule has 2 N–H and O–H groups in total. The zero-order valence-corrected chi connectivity index (χ0v) is 16.9. The zero-order valence-electron chi connectivity index (χ0n) is 16.9. The second-order valence-corrected chi connectivity index (χ2v) is 7.32. The number of carboxylic acids is 1. The number of rotatable bonds is 8. The molecular weight excluding hydrogens is 394 g/mol. The Kier molecular flexibility index (Phi) is 6.17. The first-order valence-corrected chi connectivity index (χ1v) is 10.2. The van der Waals surface area contributed by atoms with E-state index in [1.165, 1.54) is 22.3 Å². The van der Waals surface area contributed by atoms with Gasteiger partial charge in [0.1, 0.15) is 12.4 Å². The van der Waals surface area contributed by atoms with Crippen molar-refractivity contribution in [3.05, 3.63) is 83.9 Å². The first kappa shape index (κ1) is 20.5. The number of carbonyl (C=O) groups is 2. The minimum Gasteiger partial charge on any atom is -0.494 e. The van der Waals surface area contributed by atoms with Crippen LogP contribution in [0.4, 0.5) is 10.5 Å². The Labute approximate surface area is 180 Å². The van der Waals surface area contributed by atoms with E-state index in [4.69, 9.17) is 14.6 Å². The van der Waals surface area contributed by atoms with Gasteiger partial charge in [-0.3, -0.25) is 10.1 Å². The van der Waals surface area contributed by atoms with E-state index in [1.807, 2.05) is 24.3 Å². The van der Waals surface area contributed by atoms with Crippen LogP contribution >= 0.6 is 0 Å². The summed E-state index contributed by atoms with van der Waals surface area (Å²) in [6.45, 7) is 0.579. The predicted octanol–water partition coefficient (Wildman–Crippen LogP) is 5.29. The number of benzene rings is 3. The molecule has 0 bridgehead atoms. The largest absolute Gasteiger partial charge is 0.494 e. The molecule has 0 spiro atoms. The van der Waals surface area contributed by atoms with Crippen LogP contribution in [-0.2, 0) is 9.53 Å². The van der Waals surface area contributed by atoms with Gasteiger partial charge in [0.25, 0.3) is 0 Å². The lowest BCUT2D eigenvalue weighted by Gasteiger charge is -2.14. The van der Waals surface area contributed by atoms with Crippen molar-refractivity contribution in [2.24, 2.45) is 0 Å². The SMILES string of the molecule is O=C(O)CCCOc1ccc(NC(=O)OCC2c3ccccc3-c3ccccc32)cc1. The number of fused-ring (bicyclic) bond motifs is 3. The van der Waals surface area contributed by atoms with Crippen LogP contribution in [0, 0.1) is 0 Å². The van der Waals surface area contributed by atoms with Gasteiger partial charge in [0.2, 0.25) is 0 Å². The van der Waals surface area contributed by atoms with Gasteiger partial charge in [0.15, 0.2) is 0 Å². The summed E-state index contributed by atoms with van der Waals surface area (Å²) in [5.41, 5.74) is 5.30. The van der Waals surface area contributed by atoms with E-state index in [2.05, 4.69) is 29.6 Å².